The highest BCUT2D eigenvalue weighted by Gasteiger charge is 2.32. The Bertz CT molecular complexity index is 1170. The molecular weight excluding hydrogens is 421 g/mol. The van der Waals surface area contributed by atoms with Gasteiger partial charge in [-0.05, 0) is 62.6 Å². The molecule has 0 saturated heterocycles. The first-order chi connectivity index (χ1) is 15.0. The van der Waals surface area contributed by atoms with Crippen LogP contribution in [0.3, 0.4) is 0 Å². The molecule has 0 radical (unpaired) electrons. The van der Waals surface area contributed by atoms with Crippen LogP contribution in [0.4, 0.5) is 13.2 Å². The zero-order valence-corrected chi connectivity index (χ0v) is 18.1. The first-order valence-corrected chi connectivity index (χ1v) is 10.2. The number of fused-ring (bicyclic) bond motifs is 1. The number of alkyl halides is 3. The third-order valence-corrected chi connectivity index (χ3v) is 5.20. The molecule has 2 aromatic carbocycles. The molecule has 0 aliphatic rings. The lowest BCUT2D eigenvalue weighted by atomic mass is 10.1. The number of rotatable bonds is 7. The molecule has 3 aromatic rings. The maximum absolute atomic E-state index is 13.4. The highest BCUT2D eigenvalue weighted by atomic mass is 19.4. The van der Waals surface area contributed by atoms with Gasteiger partial charge in [-0.3, -0.25) is 14.4 Å². The second-order valence-corrected chi connectivity index (χ2v) is 7.88. The molecule has 8 heteroatoms. The van der Waals surface area contributed by atoms with Crippen molar-refractivity contribution in [2.75, 3.05) is 13.2 Å². The van der Waals surface area contributed by atoms with Gasteiger partial charge in [-0.15, -0.1) is 0 Å². The number of ketones is 1. The van der Waals surface area contributed by atoms with Gasteiger partial charge in [-0.2, -0.15) is 13.2 Å². The quantitative estimate of drug-likeness (QED) is 0.495. The van der Waals surface area contributed by atoms with E-state index in [0.29, 0.717) is 23.2 Å². The van der Waals surface area contributed by atoms with Crippen LogP contribution >= 0.6 is 0 Å². The average molecular weight is 446 g/mol. The summed E-state index contributed by atoms with van der Waals surface area (Å²) in [6, 6.07) is 8.78. The van der Waals surface area contributed by atoms with E-state index in [1.165, 1.54) is 10.6 Å². The molecule has 1 aromatic heterocycles. The number of aliphatic hydroxyl groups is 1. The van der Waals surface area contributed by atoms with E-state index < -0.39 is 11.7 Å². The minimum Gasteiger partial charge on any atom is -0.494 e. The van der Waals surface area contributed by atoms with E-state index in [2.05, 4.69) is 4.99 Å². The summed E-state index contributed by atoms with van der Waals surface area (Å²) in [5.74, 6) is -0.413. The summed E-state index contributed by atoms with van der Waals surface area (Å²) in [6.07, 6.45) is -4.02. The standard InChI is InChI=1S/C24H25F3N2O3/c1-14-9-15(2)11-18(10-14)29-21-12-17(24(25,26)27)6-7-20(21)22(23(29)32)16(3)28-13-19(31)5-4-8-30/h6-7,9-12,30,32H,4-5,8,13H2,1-3H3. The number of hydrogen-bond acceptors (Lipinski definition) is 4. The molecule has 5 nitrogen and oxygen atoms in total. The molecular formula is C24H25F3N2O3. The third-order valence-electron chi connectivity index (χ3n) is 5.20. The van der Waals surface area contributed by atoms with Gasteiger partial charge in [0.15, 0.2) is 5.78 Å². The minimum absolute atomic E-state index is 0.0971. The van der Waals surface area contributed by atoms with Crippen LogP contribution in [-0.4, -0.2) is 39.4 Å². The number of Topliss-reactive ketones (excluding diaryl/α,β-unsaturated/α-hetero) is 1. The monoisotopic (exact) mass is 446 g/mol. The number of carbonyl (C=O) groups excluding carboxylic acids is 1. The molecule has 0 spiro atoms. The van der Waals surface area contributed by atoms with Crippen molar-refractivity contribution in [1.29, 1.82) is 0 Å². The Labute approximate surface area is 183 Å². The van der Waals surface area contributed by atoms with Crippen molar-refractivity contribution in [2.45, 2.75) is 39.8 Å². The smallest absolute Gasteiger partial charge is 0.416 e. The number of aliphatic imine (C=N–C) groups is 1. The number of aliphatic hydroxyl groups excluding tert-OH is 1. The Balaban J connectivity index is 2.21. The van der Waals surface area contributed by atoms with Gasteiger partial charge in [0.25, 0.3) is 0 Å². The molecule has 0 aliphatic carbocycles. The fourth-order valence-corrected chi connectivity index (χ4v) is 3.79. The summed E-state index contributed by atoms with van der Waals surface area (Å²) >= 11 is 0. The molecule has 170 valence electrons. The van der Waals surface area contributed by atoms with Crippen molar-refractivity contribution in [3.05, 3.63) is 58.7 Å². The molecule has 0 aliphatic heterocycles. The van der Waals surface area contributed by atoms with Gasteiger partial charge in [-0.1, -0.05) is 12.1 Å². The number of carbonyl (C=O) groups is 1. The van der Waals surface area contributed by atoms with E-state index in [-0.39, 0.29) is 42.3 Å². The maximum atomic E-state index is 13.4. The largest absolute Gasteiger partial charge is 0.494 e. The molecule has 0 saturated carbocycles. The van der Waals surface area contributed by atoms with Gasteiger partial charge in [-0.25, -0.2) is 0 Å². The summed E-state index contributed by atoms with van der Waals surface area (Å²) in [7, 11) is 0. The molecule has 3 rings (SSSR count). The second kappa shape index (κ2) is 9.16. The highest BCUT2D eigenvalue weighted by molar-refractivity contribution is 6.13. The van der Waals surface area contributed by atoms with E-state index in [0.717, 1.165) is 23.3 Å². The van der Waals surface area contributed by atoms with E-state index in [1.807, 2.05) is 19.9 Å². The van der Waals surface area contributed by atoms with Crippen LogP contribution in [0.2, 0.25) is 0 Å². The van der Waals surface area contributed by atoms with Crippen LogP contribution < -0.4 is 0 Å². The number of aryl methyl sites for hydroxylation is 2. The highest BCUT2D eigenvalue weighted by Crippen LogP contribution is 2.39. The molecule has 32 heavy (non-hydrogen) atoms. The van der Waals surface area contributed by atoms with Crippen molar-refractivity contribution in [3.8, 4) is 11.6 Å². The van der Waals surface area contributed by atoms with Crippen LogP contribution in [0.25, 0.3) is 16.6 Å². The number of halogens is 3. The summed E-state index contributed by atoms with van der Waals surface area (Å²) in [4.78, 5) is 16.2. The first kappa shape index (κ1) is 23.5. The predicted molar refractivity (Wildman–Crippen MR) is 118 cm³/mol. The Morgan fingerprint density at radius 2 is 1.75 bits per heavy atom. The molecule has 1 heterocycles. The van der Waals surface area contributed by atoms with Gasteiger partial charge in [0.1, 0.15) is 0 Å². The number of aromatic hydroxyl groups is 1. The van der Waals surface area contributed by atoms with Gasteiger partial charge >= 0.3 is 6.18 Å². The number of nitrogens with zero attached hydrogens (tertiary/aromatic N) is 2. The third kappa shape index (κ3) is 4.85. The number of aromatic nitrogens is 1. The predicted octanol–water partition coefficient (Wildman–Crippen LogP) is 5.12. The first-order valence-electron chi connectivity index (χ1n) is 10.2. The Morgan fingerprint density at radius 3 is 2.34 bits per heavy atom. The summed E-state index contributed by atoms with van der Waals surface area (Å²) in [5, 5.41) is 20.4. The van der Waals surface area contributed by atoms with E-state index in [4.69, 9.17) is 5.11 Å². The van der Waals surface area contributed by atoms with Crippen molar-refractivity contribution < 1.29 is 28.2 Å². The Hall–Kier alpha value is -3.13. The SMILES string of the molecule is CC(=NCC(=O)CCCO)c1c(O)n(-c2cc(C)cc(C)c2)c2cc(C(F)(F)F)ccc12. The summed E-state index contributed by atoms with van der Waals surface area (Å²) in [6.45, 7) is 5.11. The van der Waals surface area contributed by atoms with E-state index >= 15 is 0 Å². The molecule has 0 amide bonds. The Morgan fingerprint density at radius 1 is 1.09 bits per heavy atom. The van der Waals surface area contributed by atoms with Crippen LogP contribution in [-0.2, 0) is 11.0 Å². The van der Waals surface area contributed by atoms with Crippen molar-refractivity contribution in [1.82, 2.24) is 4.57 Å². The molecule has 0 bridgehead atoms. The molecule has 2 N–H and O–H groups in total. The van der Waals surface area contributed by atoms with Gasteiger partial charge in [0, 0.05) is 29.8 Å². The molecule has 0 fully saturated rings. The number of hydrogen-bond donors (Lipinski definition) is 2. The topological polar surface area (TPSA) is 74.8 Å². The van der Waals surface area contributed by atoms with Gasteiger partial charge in [0.2, 0.25) is 5.88 Å². The van der Waals surface area contributed by atoms with Crippen molar-refractivity contribution in [2.24, 2.45) is 4.99 Å². The van der Waals surface area contributed by atoms with Crippen LogP contribution in [0, 0.1) is 13.8 Å². The van der Waals surface area contributed by atoms with Crippen LogP contribution in [0.1, 0.15) is 42.0 Å². The summed E-state index contributed by atoms with van der Waals surface area (Å²) < 4.78 is 41.6. The molecule has 0 atom stereocenters. The molecule has 0 unspecified atom stereocenters. The maximum Gasteiger partial charge on any atom is 0.416 e. The zero-order valence-electron chi connectivity index (χ0n) is 18.1. The summed E-state index contributed by atoms with van der Waals surface area (Å²) in [5.41, 5.74) is 2.31. The van der Waals surface area contributed by atoms with Gasteiger partial charge in [0.05, 0.1) is 23.2 Å². The fraction of sp³-hybridized carbons (Fsp3) is 0.333. The fourth-order valence-electron chi connectivity index (χ4n) is 3.79. The lowest BCUT2D eigenvalue weighted by Gasteiger charge is -2.11. The average Bonchev–Trinajstić information content (AvgIpc) is 3.00. The van der Waals surface area contributed by atoms with Crippen LogP contribution in [0.5, 0.6) is 5.88 Å². The van der Waals surface area contributed by atoms with E-state index in [1.54, 1.807) is 19.1 Å². The van der Waals surface area contributed by atoms with Crippen LogP contribution in [0.15, 0.2) is 41.4 Å². The number of benzene rings is 2. The lowest BCUT2D eigenvalue weighted by molar-refractivity contribution is -0.137. The minimum atomic E-state index is -4.54. The second-order valence-electron chi connectivity index (χ2n) is 7.88. The van der Waals surface area contributed by atoms with Gasteiger partial charge < -0.3 is 10.2 Å². The lowest BCUT2D eigenvalue weighted by Crippen LogP contribution is -2.06. The van der Waals surface area contributed by atoms with Crippen molar-refractivity contribution >= 4 is 22.4 Å². The normalized spacial score (nSPS) is 12.5. The zero-order chi connectivity index (χ0) is 23.6. The van der Waals surface area contributed by atoms with E-state index in [9.17, 15) is 23.1 Å². The van der Waals surface area contributed by atoms with Crippen molar-refractivity contribution in [3.63, 3.8) is 0 Å². The Kier molecular flexibility index (Phi) is 6.74.